The highest BCUT2D eigenvalue weighted by atomic mass is 35.5. The molecule has 0 spiro atoms. The maximum Gasteiger partial charge on any atom is 0.171 e. The van der Waals surface area contributed by atoms with Crippen LogP contribution in [0.5, 0.6) is 17.2 Å². The second kappa shape index (κ2) is 6.16. The van der Waals surface area contributed by atoms with Crippen molar-refractivity contribution in [2.75, 3.05) is 14.2 Å². The second-order valence-corrected chi connectivity index (χ2v) is 8.12. The van der Waals surface area contributed by atoms with Crippen LogP contribution in [0.15, 0.2) is 18.2 Å². The molecule has 2 aromatic carbocycles. The van der Waals surface area contributed by atoms with E-state index >= 15 is 0 Å². The Morgan fingerprint density at radius 2 is 1.56 bits per heavy atom. The summed E-state index contributed by atoms with van der Waals surface area (Å²) in [6.07, 6.45) is 6.02. The molecule has 2 atom stereocenters. The van der Waals surface area contributed by atoms with Crippen LogP contribution in [0.3, 0.4) is 0 Å². The Balaban J connectivity index is 1.91. The highest BCUT2D eigenvalue weighted by molar-refractivity contribution is 6.31. The molecule has 27 heavy (non-hydrogen) atoms. The highest BCUT2D eigenvalue weighted by Crippen LogP contribution is 2.48. The molecule has 0 radical (unpaired) electrons. The van der Waals surface area contributed by atoms with Crippen LogP contribution in [-0.2, 0) is 12.8 Å². The van der Waals surface area contributed by atoms with Crippen LogP contribution in [0.2, 0.25) is 5.15 Å². The van der Waals surface area contributed by atoms with E-state index in [0.29, 0.717) is 5.75 Å². The normalized spacial score (nSPS) is 21.3. The number of hydrogen-bond donors (Lipinski definition) is 1. The summed E-state index contributed by atoms with van der Waals surface area (Å²) in [7, 11) is 3.30. The molecule has 0 bridgehead atoms. The average molecular weight is 384 g/mol. The van der Waals surface area contributed by atoms with Gasteiger partial charge in [0.1, 0.15) is 0 Å². The maximum absolute atomic E-state index is 10.2. The lowest BCUT2D eigenvalue weighted by Gasteiger charge is -2.30. The van der Waals surface area contributed by atoms with Gasteiger partial charge >= 0.3 is 0 Å². The van der Waals surface area contributed by atoms with E-state index in [4.69, 9.17) is 21.1 Å². The van der Waals surface area contributed by atoms with Gasteiger partial charge < -0.3 is 14.6 Å². The van der Waals surface area contributed by atoms with Crippen molar-refractivity contribution in [3.05, 3.63) is 34.5 Å². The SMILES string of the molecule is COc1cc2c3c(c4nc(Cl)c(O)cc4c2cc1OC)CC1CCCC1C3. The molecule has 140 valence electrons. The number of aromatic hydroxyl groups is 1. The van der Waals surface area contributed by atoms with E-state index in [1.54, 1.807) is 20.3 Å². The van der Waals surface area contributed by atoms with Gasteiger partial charge in [-0.25, -0.2) is 4.98 Å². The first-order chi connectivity index (χ1) is 13.1. The quantitative estimate of drug-likeness (QED) is 0.483. The number of hydrogen-bond acceptors (Lipinski definition) is 4. The van der Waals surface area contributed by atoms with Crippen molar-refractivity contribution < 1.29 is 14.6 Å². The Morgan fingerprint density at radius 1 is 0.926 bits per heavy atom. The van der Waals surface area contributed by atoms with Crippen LogP contribution >= 0.6 is 11.6 Å². The zero-order valence-corrected chi connectivity index (χ0v) is 16.3. The fourth-order valence-electron chi connectivity index (χ4n) is 5.20. The van der Waals surface area contributed by atoms with Gasteiger partial charge in [0.05, 0.1) is 19.7 Å². The van der Waals surface area contributed by atoms with Gasteiger partial charge in [-0.05, 0) is 77.6 Å². The van der Waals surface area contributed by atoms with E-state index in [1.807, 2.05) is 6.07 Å². The van der Waals surface area contributed by atoms with E-state index in [-0.39, 0.29) is 10.9 Å². The van der Waals surface area contributed by atoms with Crippen LogP contribution in [0.25, 0.3) is 21.7 Å². The molecule has 0 amide bonds. The van der Waals surface area contributed by atoms with Crippen LogP contribution in [-0.4, -0.2) is 24.3 Å². The summed E-state index contributed by atoms with van der Waals surface area (Å²) in [5.41, 5.74) is 3.56. The monoisotopic (exact) mass is 383 g/mol. The van der Waals surface area contributed by atoms with E-state index in [2.05, 4.69) is 11.1 Å². The minimum atomic E-state index is 0.00903. The van der Waals surface area contributed by atoms with Gasteiger partial charge in [-0.3, -0.25) is 0 Å². The number of nitrogens with zero attached hydrogens (tertiary/aromatic N) is 1. The minimum absolute atomic E-state index is 0.00903. The molecule has 5 rings (SSSR count). The molecule has 0 aliphatic heterocycles. The third kappa shape index (κ3) is 2.46. The molecule has 1 heterocycles. The Morgan fingerprint density at radius 3 is 2.22 bits per heavy atom. The minimum Gasteiger partial charge on any atom is -0.505 e. The van der Waals surface area contributed by atoms with Gasteiger partial charge in [0, 0.05) is 5.39 Å². The number of aromatic nitrogens is 1. The van der Waals surface area contributed by atoms with E-state index < -0.39 is 0 Å². The van der Waals surface area contributed by atoms with Crippen molar-refractivity contribution in [3.63, 3.8) is 0 Å². The smallest absolute Gasteiger partial charge is 0.171 e. The van der Waals surface area contributed by atoms with Gasteiger partial charge in [0.15, 0.2) is 22.4 Å². The van der Waals surface area contributed by atoms with Crippen molar-refractivity contribution in [1.82, 2.24) is 4.98 Å². The number of methoxy groups -OCH3 is 2. The largest absolute Gasteiger partial charge is 0.505 e. The predicted octanol–water partition coefficient (Wildman–Crippen LogP) is 5.28. The zero-order valence-electron chi connectivity index (χ0n) is 15.5. The molecule has 2 unspecified atom stereocenters. The first-order valence-electron chi connectivity index (χ1n) is 9.49. The summed E-state index contributed by atoms with van der Waals surface area (Å²) >= 11 is 6.19. The van der Waals surface area contributed by atoms with Crippen molar-refractivity contribution >= 4 is 33.3 Å². The second-order valence-electron chi connectivity index (χ2n) is 7.76. The zero-order chi connectivity index (χ0) is 18.7. The fourth-order valence-corrected chi connectivity index (χ4v) is 5.34. The summed E-state index contributed by atoms with van der Waals surface area (Å²) in [6, 6.07) is 5.81. The number of fused-ring (bicyclic) bond motifs is 7. The lowest BCUT2D eigenvalue weighted by molar-refractivity contribution is 0.355. The molecular formula is C22H22ClNO3. The van der Waals surface area contributed by atoms with E-state index in [1.165, 1.54) is 35.8 Å². The van der Waals surface area contributed by atoms with Crippen LogP contribution < -0.4 is 9.47 Å². The van der Waals surface area contributed by atoms with Crippen LogP contribution in [0.4, 0.5) is 0 Å². The molecule has 1 N–H and O–H groups in total. The summed E-state index contributed by atoms with van der Waals surface area (Å²) in [5.74, 6) is 2.89. The summed E-state index contributed by atoms with van der Waals surface area (Å²) in [4.78, 5) is 4.59. The number of benzene rings is 2. The predicted molar refractivity (Wildman–Crippen MR) is 107 cm³/mol. The highest BCUT2D eigenvalue weighted by Gasteiger charge is 2.35. The summed E-state index contributed by atoms with van der Waals surface area (Å²) in [5, 5.41) is 13.5. The molecule has 2 aliphatic carbocycles. The number of rotatable bonds is 2. The first kappa shape index (κ1) is 16.9. The molecular weight excluding hydrogens is 362 g/mol. The molecule has 5 heteroatoms. The van der Waals surface area contributed by atoms with Gasteiger partial charge in [0.25, 0.3) is 0 Å². The molecule has 0 saturated heterocycles. The molecule has 1 fully saturated rings. The Labute approximate surface area is 163 Å². The van der Waals surface area contributed by atoms with Crippen molar-refractivity contribution in [1.29, 1.82) is 0 Å². The van der Waals surface area contributed by atoms with E-state index in [9.17, 15) is 5.11 Å². The fraction of sp³-hybridized carbons (Fsp3) is 0.409. The lowest BCUT2D eigenvalue weighted by Crippen LogP contribution is -2.21. The molecule has 4 nitrogen and oxygen atoms in total. The van der Waals surface area contributed by atoms with Gasteiger partial charge in [-0.1, -0.05) is 18.0 Å². The van der Waals surface area contributed by atoms with Gasteiger partial charge in [-0.15, -0.1) is 0 Å². The summed E-state index contributed by atoms with van der Waals surface area (Å²) < 4.78 is 11.1. The molecule has 2 aliphatic rings. The summed E-state index contributed by atoms with van der Waals surface area (Å²) in [6.45, 7) is 0. The maximum atomic E-state index is 10.2. The third-order valence-electron chi connectivity index (χ3n) is 6.50. The van der Waals surface area contributed by atoms with Crippen LogP contribution in [0, 0.1) is 11.8 Å². The topological polar surface area (TPSA) is 51.6 Å². The van der Waals surface area contributed by atoms with Gasteiger partial charge in [0.2, 0.25) is 0 Å². The third-order valence-corrected chi connectivity index (χ3v) is 6.77. The standard InChI is InChI=1S/C22H22ClNO3/c1-26-19-9-14-13-6-11-4-3-5-12(11)7-16(13)21-17(8-18(25)22(23)24-21)15(14)10-20(19)27-2/h8-12,25H,3-7H2,1-2H3. The van der Waals surface area contributed by atoms with Crippen molar-refractivity contribution in [2.24, 2.45) is 11.8 Å². The molecule has 1 saturated carbocycles. The number of pyridine rings is 1. The van der Waals surface area contributed by atoms with Crippen LogP contribution in [0.1, 0.15) is 30.4 Å². The molecule has 1 aromatic heterocycles. The Hall–Kier alpha value is -2.20. The molecule has 3 aromatic rings. The van der Waals surface area contributed by atoms with Crippen molar-refractivity contribution in [2.45, 2.75) is 32.1 Å². The average Bonchev–Trinajstić information content (AvgIpc) is 3.14. The number of ether oxygens (including phenoxy) is 2. The first-order valence-corrected chi connectivity index (χ1v) is 9.87. The van der Waals surface area contributed by atoms with E-state index in [0.717, 1.165) is 46.7 Å². The lowest BCUT2D eigenvalue weighted by atomic mass is 9.75. The Bertz CT molecular complexity index is 1080. The number of halogens is 1. The Kier molecular flexibility index (Phi) is 3.87. The van der Waals surface area contributed by atoms with Gasteiger partial charge in [-0.2, -0.15) is 0 Å². The van der Waals surface area contributed by atoms with Crippen molar-refractivity contribution in [3.8, 4) is 17.2 Å².